The predicted octanol–water partition coefficient (Wildman–Crippen LogP) is 4.08. The van der Waals surface area contributed by atoms with Gasteiger partial charge in [0.15, 0.2) is 0 Å². The lowest BCUT2D eigenvalue weighted by atomic mass is 10.2. The quantitative estimate of drug-likeness (QED) is 0.598. The highest BCUT2D eigenvalue weighted by Gasteiger charge is 2.14. The van der Waals surface area contributed by atoms with E-state index in [1.807, 2.05) is 12.1 Å². The predicted molar refractivity (Wildman–Crippen MR) is 78.1 cm³/mol. The fourth-order valence-electron chi connectivity index (χ4n) is 1.75. The lowest BCUT2D eigenvalue weighted by molar-refractivity contribution is -0.387. The number of nitrogens with zero attached hydrogens (tertiary/aromatic N) is 1. The van der Waals surface area contributed by atoms with Crippen molar-refractivity contribution in [1.82, 2.24) is 0 Å². The fraction of sp³-hybridized carbons (Fsp3) is 0.143. The molecule has 0 fully saturated rings. The number of hydrogen-bond donors (Lipinski definition) is 0. The summed E-state index contributed by atoms with van der Waals surface area (Å²) in [6.45, 7) is 0.153. The molecule has 7 heteroatoms. The molecule has 2 aromatic carbocycles. The summed E-state index contributed by atoms with van der Waals surface area (Å²) in [6.07, 6.45) is 0. The summed E-state index contributed by atoms with van der Waals surface area (Å²) in [5.74, 6) is -0.0839. The Morgan fingerprint density at radius 1 is 1.29 bits per heavy atom. The smallest absolute Gasteiger partial charge is 0.305 e. The summed E-state index contributed by atoms with van der Waals surface area (Å²) in [5.41, 5.74) is 0.188. The van der Waals surface area contributed by atoms with Gasteiger partial charge in [0, 0.05) is 22.2 Å². The molecule has 2 rings (SSSR count). The van der Waals surface area contributed by atoms with Crippen LogP contribution in [0.5, 0.6) is 11.5 Å². The van der Waals surface area contributed by atoms with Crippen LogP contribution in [0.15, 0.2) is 40.9 Å². The first-order valence-electron chi connectivity index (χ1n) is 5.90. The molecule has 2 aromatic rings. The molecule has 0 spiro atoms. The van der Waals surface area contributed by atoms with Crippen LogP contribution in [0.25, 0.3) is 0 Å². The number of ether oxygens (including phenoxy) is 2. The van der Waals surface area contributed by atoms with Crippen molar-refractivity contribution >= 4 is 21.6 Å². The Morgan fingerprint density at radius 2 is 2.05 bits per heavy atom. The van der Waals surface area contributed by atoms with E-state index in [1.165, 1.54) is 13.2 Å². The zero-order valence-electron chi connectivity index (χ0n) is 11.0. The lowest BCUT2D eigenvalue weighted by Gasteiger charge is -2.10. The van der Waals surface area contributed by atoms with Gasteiger partial charge in [0.2, 0.25) is 5.82 Å². The molecule has 5 nitrogen and oxygen atoms in total. The first-order chi connectivity index (χ1) is 10.0. The number of nitro groups is 1. The van der Waals surface area contributed by atoms with Gasteiger partial charge in [-0.2, -0.15) is 4.39 Å². The Bertz CT molecular complexity index is 678. The second kappa shape index (κ2) is 6.53. The Balaban J connectivity index is 2.15. The minimum Gasteiger partial charge on any atom is -0.496 e. The van der Waals surface area contributed by atoms with Crippen molar-refractivity contribution in [2.24, 2.45) is 0 Å². The van der Waals surface area contributed by atoms with Crippen molar-refractivity contribution in [1.29, 1.82) is 0 Å². The molecule has 0 saturated heterocycles. The molecule has 0 atom stereocenters. The van der Waals surface area contributed by atoms with Crippen molar-refractivity contribution < 1.29 is 18.8 Å². The van der Waals surface area contributed by atoms with E-state index in [0.29, 0.717) is 5.75 Å². The number of halogens is 2. The van der Waals surface area contributed by atoms with Crippen LogP contribution in [0, 0.1) is 15.9 Å². The maximum absolute atomic E-state index is 13.5. The number of nitro benzene ring substituents is 1. The van der Waals surface area contributed by atoms with E-state index in [-0.39, 0.29) is 12.4 Å². The van der Waals surface area contributed by atoms with Gasteiger partial charge in [-0.15, -0.1) is 0 Å². The maximum Gasteiger partial charge on any atom is 0.305 e. The van der Waals surface area contributed by atoms with Gasteiger partial charge in [0.1, 0.15) is 18.1 Å². The van der Waals surface area contributed by atoms with E-state index in [4.69, 9.17) is 9.47 Å². The molecule has 110 valence electrons. The lowest BCUT2D eigenvalue weighted by Crippen LogP contribution is -2.00. The van der Waals surface area contributed by atoms with E-state index >= 15 is 0 Å². The highest BCUT2D eigenvalue weighted by Crippen LogP contribution is 2.26. The summed E-state index contributed by atoms with van der Waals surface area (Å²) >= 11 is 3.34. The van der Waals surface area contributed by atoms with E-state index < -0.39 is 16.4 Å². The Kier molecular flexibility index (Phi) is 4.74. The van der Waals surface area contributed by atoms with Crippen LogP contribution >= 0.6 is 15.9 Å². The summed E-state index contributed by atoms with van der Waals surface area (Å²) in [7, 11) is 1.54. The van der Waals surface area contributed by atoms with Crippen molar-refractivity contribution in [2.45, 2.75) is 6.61 Å². The zero-order chi connectivity index (χ0) is 15.4. The standard InChI is InChI=1S/C14H11BrFNO4/c1-20-14-5-2-10(15)6-9(14)8-21-11-3-4-13(17(18)19)12(16)7-11/h2-7H,8H2,1H3. The molecule has 0 aliphatic heterocycles. The molecule has 0 aliphatic carbocycles. The average Bonchev–Trinajstić information content (AvgIpc) is 2.45. The highest BCUT2D eigenvalue weighted by atomic mass is 79.9. The van der Waals surface area contributed by atoms with Gasteiger partial charge < -0.3 is 9.47 Å². The third-order valence-corrected chi connectivity index (χ3v) is 3.25. The van der Waals surface area contributed by atoms with Gasteiger partial charge >= 0.3 is 5.69 Å². The Hall–Kier alpha value is -2.15. The molecule has 0 amide bonds. The summed E-state index contributed by atoms with van der Waals surface area (Å²) in [6, 6.07) is 8.84. The largest absolute Gasteiger partial charge is 0.496 e. The molecule has 21 heavy (non-hydrogen) atoms. The fourth-order valence-corrected chi connectivity index (χ4v) is 2.16. The third-order valence-electron chi connectivity index (χ3n) is 2.75. The molecular weight excluding hydrogens is 345 g/mol. The van der Waals surface area contributed by atoms with Gasteiger partial charge in [0.25, 0.3) is 0 Å². The van der Waals surface area contributed by atoms with Crippen LogP contribution in [0.1, 0.15) is 5.56 Å². The first kappa shape index (κ1) is 15.2. The van der Waals surface area contributed by atoms with Gasteiger partial charge in [0.05, 0.1) is 12.0 Å². The van der Waals surface area contributed by atoms with Crippen LogP contribution in [0.4, 0.5) is 10.1 Å². The topological polar surface area (TPSA) is 61.6 Å². The van der Waals surface area contributed by atoms with Gasteiger partial charge in [-0.3, -0.25) is 10.1 Å². The molecule has 0 bridgehead atoms. The molecule has 0 heterocycles. The van der Waals surface area contributed by atoms with Gasteiger partial charge in [-0.05, 0) is 24.3 Å². The summed E-state index contributed by atoms with van der Waals surface area (Å²) in [4.78, 5) is 9.76. The van der Waals surface area contributed by atoms with E-state index in [9.17, 15) is 14.5 Å². The molecule has 0 saturated carbocycles. The minimum atomic E-state index is -0.932. The number of methoxy groups -OCH3 is 1. The molecule has 0 aliphatic rings. The van der Waals surface area contributed by atoms with Crippen molar-refractivity contribution in [2.75, 3.05) is 7.11 Å². The van der Waals surface area contributed by atoms with Crippen molar-refractivity contribution in [3.8, 4) is 11.5 Å². The van der Waals surface area contributed by atoms with Gasteiger partial charge in [-0.25, -0.2) is 0 Å². The van der Waals surface area contributed by atoms with Crippen LogP contribution in [0.3, 0.4) is 0 Å². The van der Waals surface area contributed by atoms with E-state index in [1.54, 1.807) is 6.07 Å². The SMILES string of the molecule is COc1ccc(Br)cc1COc1ccc([N+](=O)[O-])c(F)c1. The number of rotatable bonds is 5. The minimum absolute atomic E-state index is 0.153. The molecule has 0 aromatic heterocycles. The Morgan fingerprint density at radius 3 is 2.67 bits per heavy atom. The summed E-state index contributed by atoms with van der Waals surface area (Å²) in [5, 5.41) is 10.5. The van der Waals surface area contributed by atoms with E-state index in [0.717, 1.165) is 22.2 Å². The third kappa shape index (κ3) is 3.69. The molecule has 0 N–H and O–H groups in total. The maximum atomic E-state index is 13.5. The zero-order valence-corrected chi connectivity index (χ0v) is 12.6. The summed E-state index contributed by atoms with van der Waals surface area (Å²) < 4.78 is 25.0. The second-order valence-electron chi connectivity index (χ2n) is 4.12. The van der Waals surface area contributed by atoms with E-state index in [2.05, 4.69) is 15.9 Å². The normalized spacial score (nSPS) is 10.2. The van der Waals surface area contributed by atoms with Crippen LogP contribution in [0.2, 0.25) is 0 Å². The monoisotopic (exact) mass is 355 g/mol. The Labute approximate surface area is 128 Å². The molecule has 0 radical (unpaired) electrons. The average molecular weight is 356 g/mol. The number of benzene rings is 2. The van der Waals surface area contributed by atoms with Crippen LogP contribution in [-0.2, 0) is 6.61 Å². The highest BCUT2D eigenvalue weighted by molar-refractivity contribution is 9.10. The van der Waals surface area contributed by atoms with Crippen LogP contribution in [-0.4, -0.2) is 12.0 Å². The van der Waals surface area contributed by atoms with Crippen LogP contribution < -0.4 is 9.47 Å². The van der Waals surface area contributed by atoms with Crippen molar-refractivity contribution in [3.05, 3.63) is 62.4 Å². The first-order valence-corrected chi connectivity index (χ1v) is 6.69. The van der Waals surface area contributed by atoms with Crippen molar-refractivity contribution in [3.63, 3.8) is 0 Å². The molecular formula is C14H11BrFNO4. The number of hydrogen-bond acceptors (Lipinski definition) is 4. The molecule has 0 unspecified atom stereocenters. The second-order valence-corrected chi connectivity index (χ2v) is 5.03. The van der Waals surface area contributed by atoms with Gasteiger partial charge in [-0.1, -0.05) is 15.9 Å².